The van der Waals surface area contributed by atoms with Gasteiger partial charge in [-0.2, -0.15) is 18.3 Å². The fraction of sp³-hybridized carbons (Fsp3) is 0.480. The van der Waals surface area contributed by atoms with E-state index in [1.54, 1.807) is 39.2 Å². The number of rotatable bonds is 11. The standard InChI is InChI=1S/C25H31F4N5O/c1-5-10-30-13-16(2)20(24(8-9-24)25(27,28)29)12-22(35)31-14-18(34(3)4)11-17-6-7-21-19(23(17)26)15-32-33-21/h5-7,10,13,15,18,20H,2,8-9,11-12,14H2,1,3-4H3,(H,31,35)(H,32,33)/b10-5-,30-13-/t18-,20-/m0/s1. The van der Waals surface area contributed by atoms with Crippen molar-refractivity contribution in [3.63, 3.8) is 0 Å². The van der Waals surface area contributed by atoms with Gasteiger partial charge in [-0.3, -0.25) is 14.9 Å². The topological polar surface area (TPSA) is 73.4 Å². The Kier molecular flexibility index (Phi) is 8.15. The number of carbonyl (C=O) groups is 1. The van der Waals surface area contributed by atoms with Gasteiger partial charge in [0.15, 0.2) is 0 Å². The van der Waals surface area contributed by atoms with Crippen molar-refractivity contribution in [3.05, 3.63) is 54.1 Å². The number of fused-ring (bicyclic) bond motifs is 1. The van der Waals surface area contributed by atoms with Gasteiger partial charge < -0.3 is 10.2 Å². The molecule has 0 bridgehead atoms. The van der Waals surface area contributed by atoms with Crippen LogP contribution in [0.25, 0.3) is 10.9 Å². The average Bonchev–Trinajstić information content (AvgIpc) is 3.47. The molecule has 0 unspecified atom stereocenters. The number of alkyl halides is 3. The molecule has 0 aliphatic heterocycles. The van der Waals surface area contributed by atoms with Crippen LogP contribution in [0, 0.1) is 17.2 Å². The van der Waals surface area contributed by atoms with Crippen LogP contribution in [0.3, 0.4) is 0 Å². The van der Waals surface area contributed by atoms with Gasteiger partial charge in [-0.05, 0) is 57.5 Å². The molecule has 1 aromatic heterocycles. The minimum absolute atomic E-state index is 0.0407. The van der Waals surface area contributed by atoms with Gasteiger partial charge in [0.05, 0.1) is 22.5 Å². The Morgan fingerprint density at radius 2 is 2.09 bits per heavy atom. The van der Waals surface area contributed by atoms with Crippen molar-refractivity contribution >= 4 is 23.0 Å². The summed E-state index contributed by atoms with van der Waals surface area (Å²) in [4.78, 5) is 18.6. The van der Waals surface area contributed by atoms with Gasteiger partial charge in [-0.25, -0.2) is 4.39 Å². The fourth-order valence-electron chi connectivity index (χ4n) is 4.33. The Labute approximate surface area is 202 Å². The zero-order valence-corrected chi connectivity index (χ0v) is 20.1. The van der Waals surface area contributed by atoms with Crippen molar-refractivity contribution < 1.29 is 22.4 Å². The zero-order chi connectivity index (χ0) is 25.8. The second-order valence-electron chi connectivity index (χ2n) is 9.24. The van der Waals surface area contributed by atoms with E-state index in [4.69, 9.17) is 0 Å². The van der Waals surface area contributed by atoms with E-state index in [1.807, 2.05) is 4.90 Å². The number of allylic oxidation sites excluding steroid dienone is 2. The maximum atomic E-state index is 14.9. The minimum Gasteiger partial charge on any atom is -0.355 e. The molecule has 3 rings (SSSR count). The average molecular weight is 494 g/mol. The second kappa shape index (κ2) is 10.7. The number of aromatic nitrogens is 2. The van der Waals surface area contributed by atoms with E-state index >= 15 is 0 Å². The predicted molar refractivity (Wildman–Crippen MR) is 129 cm³/mol. The molecule has 1 aromatic carbocycles. The van der Waals surface area contributed by atoms with Crippen molar-refractivity contribution in [1.82, 2.24) is 20.4 Å². The first-order valence-corrected chi connectivity index (χ1v) is 11.4. The lowest BCUT2D eigenvalue weighted by Gasteiger charge is -2.30. The van der Waals surface area contributed by atoms with Gasteiger partial charge in [0.2, 0.25) is 5.91 Å². The van der Waals surface area contributed by atoms with Crippen LogP contribution in [0.4, 0.5) is 17.6 Å². The van der Waals surface area contributed by atoms with Crippen LogP contribution < -0.4 is 5.32 Å². The lowest BCUT2D eigenvalue weighted by atomic mass is 9.80. The summed E-state index contributed by atoms with van der Waals surface area (Å²) in [7, 11) is 3.60. The third-order valence-corrected chi connectivity index (χ3v) is 6.69. The number of benzene rings is 1. The highest BCUT2D eigenvalue weighted by Crippen LogP contribution is 2.64. The summed E-state index contributed by atoms with van der Waals surface area (Å²) in [6.45, 7) is 5.68. The summed E-state index contributed by atoms with van der Waals surface area (Å²) in [6.07, 6.45) is 1.25. The summed E-state index contributed by atoms with van der Waals surface area (Å²) in [6, 6.07) is 3.13. The van der Waals surface area contributed by atoms with Crippen LogP contribution in [-0.2, 0) is 11.2 Å². The molecule has 0 radical (unpaired) electrons. The highest BCUT2D eigenvalue weighted by Gasteiger charge is 2.67. The Balaban J connectivity index is 1.69. The van der Waals surface area contributed by atoms with E-state index < -0.39 is 23.4 Å². The number of nitrogens with one attached hydrogen (secondary N) is 2. The highest BCUT2D eigenvalue weighted by atomic mass is 19.4. The fourth-order valence-corrected chi connectivity index (χ4v) is 4.33. The molecule has 1 heterocycles. The number of halogens is 4. The number of aliphatic imine (C=N–C) groups is 1. The number of likely N-dealkylation sites (N-methyl/N-ethyl adjacent to an activating group) is 1. The smallest absolute Gasteiger partial charge is 0.355 e. The third-order valence-electron chi connectivity index (χ3n) is 6.69. The van der Waals surface area contributed by atoms with Gasteiger partial charge in [0.25, 0.3) is 0 Å². The van der Waals surface area contributed by atoms with E-state index in [0.29, 0.717) is 22.9 Å². The largest absolute Gasteiger partial charge is 0.395 e. The van der Waals surface area contributed by atoms with Crippen LogP contribution in [0.2, 0.25) is 0 Å². The van der Waals surface area contributed by atoms with Crippen molar-refractivity contribution in [2.24, 2.45) is 16.3 Å². The molecule has 2 atom stereocenters. The number of H-pyrrole nitrogens is 1. The molecule has 10 heteroatoms. The summed E-state index contributed by atoms with van der Waals surface area (Å²) < 4.78 is 56.4. The van der Waals surface area contributed by atoms with E-state index in [9.17, 15) is 22.4 Å². The highest BCUT2D eigenvalue weighted by molar-refractivity contribution is 5.83. The lowest BCUT2D eigenvalue weighted by molar-refractivity contribution is -0.199. The van der Waals surface area contributed by atoms with Crippen LogP contribution in [0.15, 0.2) is 47.7 Å². The lowest BCUT2D eigenvalue weighted by Crippen LogP contribution is -2.43. The van der Waals surface area contributed by atoms with E-state index in [0.717, 1.165) is 0 Å². The minimum atomic E-state index is -4.44. The number of hydrogen-bond donors (Lipinski definition) is 2. The molecule has 6 nitrogen and oxygen atoms in total. The SMILES string of the molecule is C=C(/C=N\C=C/C)[C@H](CC(=O)NC[C@H](Cc1ccc2[nH]ncc2c1F)N(C)C)C1(C(F)(F)F)CC1. The monoisotopic (exact) mass is 493 g/mol. The Hall–Kier alpha value is -3.01. The first kappa shape index (κ1) is 26.6. The molecule has 2 aromatic rings. The quantitative estimate of drug-likeness (QED) is 0.349. The first-order valence-electron chi connectivity index (χ1n) is 11.4. The molecule has 1 saturated carbocycles. The first-order chi connectivity index (χ1) is 16.5. The molecule has 0 saturated heterocycles. The summed E-state index contributed by atoms with van der Waals surface area (Å²) in [5.41, 5.74) is -0.725. The van der Waals surface area contributed by atoms with Crippen LogP contribution >= 0.6 is 0 Å². The normalized spacial score (nSPS) is 17.4. The summed E-state index contributed by atoms with van der Waals surface area (Å²) >= 11 is 0. The molecule has 1 amide bonds. The maximum absolute atomic E-state index is 14.9. The second-order valence-corrected chi connectivity index (χ2v) is 9.24. The molecule has 1 fully saturated rings. The van der Waals surface area contributed by atoms with E-state index in [2.05, 4.69) is 27.1 Å². The van der Waals surface area contributed by atoms with Crippen LogP contribution in [-0.4, -0.2) is 60.1 Å². The molecular formula is C25H31F4N5O. The van der Waals surface area contributed by atoms with Crippen molar-refractivity contribution in [1.29, 1.82) is 0 Å². The molecular weight excluding hydrogens is 462 g/mol. The molecule has 1 aliphatic rings. The van der Waals surface area contributed by atoms with Gasteiger partial charge in [-0.15, -0.1) is 0 Å². The number of aromatic amines is 1. The molecule has 2 N–H and O–H groups in total. The van der Waals surface area contributed by atoms with Gasteiger partial charge in [-0.1, -0.05) is 18.7 Å². The summed E-state index contributed by atoms with van der Waals surface area (Å²) in [5, 5.41) is 9.70. The van der Waals surface area contributed by atoms with Gasteiger partial charge >= 0.3 is 6.18 Å². The van der Waals surface area contributed by atoms with Crippen LogP contribution in [0.1, 0.15) is 31.7 Å². The van der Waals surface area contributed by atoms with Crippen molar-refractivity contribution in [2.75, 3.05) is 20.6 Å². The number of amides is 1. The Morgan fingerprint density at radius 3 is 2.69 bits per heavy atom. The number of carbonyl (C=O) groups excluding carboxylic acids is 1. The van der Waals surface area contributed by atoms with Crippen LogP contribution in [0.5, 0.6) is 0 Å². The zero-order valence-electron chi connectivity index (χ0n) is 20.1. The predicted octanol–water partition coefficient (Wildman–Crippen LogP) is 4.80. The molecule has 35 heavy (non-hydrogen) atoms. The molecule has 1 aliphatic carbocycles. The van der Waals surface area contributed by atoms with Gasteiger partial charge in [0, 0.05) is 37.3 Å². The number of hydrogen-bond acceptors (Lipinski definition) is 4. The van der Waals surface area contributed by atoms with Gasteiger partial charge in [0.1, 0.15) is 5.82 Å². The Bertz CT molecular complexity index is 1110. The molecule has 190 valence electrons. The summed E-state index contributed by atoms with van der Waals surface area (Å²) in [5.74, 6) is -1.99. The molecule has 0 spiro atoms. The van der Waals surface area contributed by atoms with E-state index in [-0.39, 0.29) is 43.2 Å². The third kappa shape index (κ3) is 5.98. The van der Waals surface area contributed by atoms with Crippen molar-refractivity contribution in [3.8, 4) is 0 Å². The maximum Gasteiger partial charge on any atom is 0.395 e. The van der Waals surface area contributed by atoms with Crippen molar-refractivity contribution in [2.45, 2.75) is 44.8 Å². The van der Waals surface area contributed by atoms with E-state index in [1.165, 1.54) is 18.6 Å². The Morgan fingerprint density at radius 1 is 1.37 bits per heavy atom. The number of nitrogens with zero attached hydrogens (tertiary/aromatic N) is 3.